The molecule has 8 nitrogen and oxygen atoms in total. The Hall–Kier alpha value is -3.13. The van der Waals surface area contributed by atoms with Gasteiger partial charge in [-0.25, -0.2) is 4.79 Å². The fourth-order valence-electron chi connectivity index (χ4n) is 4.38. The summed E-state index contributed by atoms with van der Waals surface area (Å²) in [5, 5.41) is 11.7. The van der Waals surface area contributed by atoms with E-state index in [1.54, 1.807) is 25.2 Å². The van der Waals surface area contributed by atoms with Crippen molar-refractivity contribution < 1.29 is 19.4 Å². The molecule has 2 heterocycles. The number of carbonyl (C=O) groups is 2. The van der Waals surface area contributed by atoms with Crippen LogP contribution in [0.25, 0.3) is 11.1 Å². The van der Waals surface area contributed by atoms with E-state index in [2.05, 4.69) is 0 Å². The standard InChI is InChI=1S/C27H37N3O5/c1-25(2,3)35-24(33)29-14-13-27(34,26(4,5)17-29)18-30-16-21(23(32)28(6)7)20(15-22(30)31)19-11-9-8-10-12-19/h8-12,15-16,34H,13-14,17-18H2,1-7H3/t27-/m1/s1. The van der Waals surface area contributed by atoms with Crippen molar-refractivity contribution in [1.82, 2.24) is 14.4 Å². The molecule has 1 saturated heterocycles. The summed E-state index contributed by atoms with van der Waals surface area (Å²) in [4.78, 5) is 41.9. The lowest BCUT2D eigenvalue weighted by atomic mass is 9.70. The molecule has 0 unspecified atom stereocenters. The summed E-state index contributed by atoms with van der Waals surface area (Å²) in [5.41, 5.74) is -1.22. The number of amides is 2. The monoisotopic (exact) mass is 483 g/mol. The predicted molar refractivity (Wildman–Crippen MR) is 135 cm³/mol. The first kappa shape index (κ1) is 26.5. The number of piperidine rings is 1. The van der Waals surface area contributed by atoms with Crippen LogP contribution in [0.3, 0.4) is 0 Å². The number of aliphatic hydroxyl groups is 1. The van der Waals surface area contributed by atoms with Crippen LogP contribution < -0.4 is 5.56 Å². The van der Waals surface area contributed by atoms with Gasteiger partial charge in [0.05, 0.1) is 17.7 Å². The molecule has 0 spiro atoms. The van der Waals surface area contributed by atoms with Gasteiger partial charge in [0.2, 0.25) is 0 Å². The number of ether oxygens (including phenoxy) is 1. The van der Waals surface area contributed by atoms with Crippen molar-refractivity contribution >= 4 is 12.0 Å². The molecule has 0 saturated carbocycles. The molecule has 8 heteroatoms. The number of pyridine rings is 1. The Morgan fingerprint density at radius 2 is 1.77 bits per heavy atom. The van der Waals surface area contributed by atoms with Crippen molar-refractivity contribution in [3.8, 4) is 11.1 Å². The summed E-state index contributed by atoms with van der Waals surface area (Å²) in [6.07, 6.45) is 1.39. The number of carbonyl (C=O) groups excluding carboxylic acids is 2. The van der Waals surface area contributed by atoms with Gasteiger partial charge in [-0.05, 0) is 32.8 Å². The van der Waals surface area contributed by atoms with Gasteiger partial charge in [0.1, 0.15) is 5.60 Å². The van der Waals surface area contributed by atoms with Crippen LogP contribution in [0, 0.1) is 5.41 Å². The number of hydrogen-bond acceptors (Lipinski definition) is 5. The molecule has 3 rings (SSSR count). The zero-order chi connectivity index (χ0) is 26.2. The summed E-state index contributed by atoms with van der Waals surface area (Å²) >= 11 is 0. The van der Waals surface area contributed by atoms with Gasteiger partial charge >= 0.3 is 6.09 Å². The molecular weight excluding hydrogens is 446 g/mol. The van der Waals surface area contributed by atoms with Crippen molar-refractivity contribution in [3.05, 3.63) is 58.5 Å². The third-order valence-electron chi connectivity index (χ3n) is 6.57. The molecule has 1 aliphatic rings. The van der Waals surface area contributed by atoms with Gasteiger partial charge in [-0.1, -0.05) is 44.2 Å². The molecule has 0 aliphatic carbocycles. The van der Waals surface area contributed by atoms with Gasteiger partial charge in [-0.15, -0.1) is 0 Å². The van der Waals surface area contributed by atoms with E-state index in [-0.39, 0.29) is 31.0 Å². The number of aromatic nitrogens is 1. The Kier molecular flexibility index (Phi) is 7.18. The fraction of sp³-hybridized carbons (Fsp3) is 0.519. The van der Waals surface area contributed by atoms with Crippen LogP contribution in [0.15, 0.2) is 47.4 Å². The maximum atomic E-state index is 13.2. The van der Waals surface area contributed by atoms with Crippen molar-refractivity contribution in [2.45, 2.75) is 58.8 Å². The van der Waals surface area contributed by atoms with Crippen LogP contribution in [-0.2, 0) is 11.3 Å². The lowest BCUT2D eigenvalue weighted by molar-refractivity contribution is -0.126. The highest BCUT2D eigenvalue weighted by molar-refractivity contribution is 6.00. The van der Waals surface area contributed by atoms with E-state index in [4.69, 9.17) is 4.74 Å². The molecule has 1 aromatic heterocycles. The highest BCUT2D eigenvalue weighted by Gasteiger charge is 2.49. The molecule has 35 heavy (non-hydrogen) atoms. The minimum atomic E-state index is -1.28. The normalized spacial score (nSPS) is 19.8. The molecule has 0 bridgehead atoms. The first-order valence-electron chi connectivity index (χ1n) is 11.9. The van der Waals surface area contributed by atoms with Gasteiger partial charge < -0.3 is 24.2 Å². The molecular formula is C27H37N3O5. The number of rotatable bonds is 4. The zero-order valence-electron chi connectivity index (χ0n) is 21.8. The molecule has 1 fully saturated rings. The van der Waals surface area contributed by atoms with E-state index in [1.165, 1.54) is 15.5 Å². The Balaban J connectivity index is 1.95. The van der Waals surface area contributed by atoms with Crippen LogP contribution in [0.2, 0.25) is 0 Å². The number of benzene rings is 1. The van der Waals surface area contributed by atoms with E-state index in [0.29, 0.717) is 17.7 Å². The van der Waals surface area contributed by atoms with Crippen molar-refractivity contribution in [1.29, 1.82) is 0 Å². The minimum absolute atomic E-state index is 0.00374. The average Bonchev–Trinajstić information content (AvgIpc) is 2.75. The van der Waals surface area contributed by atoms with E-state index in [9.17, 15) is 19.5 Å². The smallest absolute Gasteiger partial charge is 0.410 e. The van der Waals surface area contributed by atoms with Crippen molar-refractivity contribution in [3.63, 3.8) is 0 Å². The second kappa shape index (κ2) is 9.49. The summed E-state index contributed by atoms with van der Waals surface area (Å²) < 4.78 is 6.91. The molecule has 2 aromatic rings. The number of hydrogen-bond donors (Lipinski definition) is 1. The van der Waals surface area contributed by atoms with Crippen molar-refractivity contribution in [2.24, 2.45) is 5.41 Å². The lowest BCUT2D eigenvalue weighted by Gasteiger charge is -2.50. The second-order valence-corrected chi connectivity index (χ2v) is 11.2. The molecule has 1 atom stereocenters. The van der Waals surface area contributed by atoms with Crippen LogP contribution in [-0.4, -0.2) is 69.9 Å². The van der Waals surface area contributed by atoms with E-state index in [1.807, 2.05) is 65.0 Å². The first-order chi connectivity index (χ1) is 16.1. The average molecular weight is 484 g/mol. The van der Waals surface area contributed by atoms with Crippen LogP contribution >= 0.6 is 0 Å². The van der Waals surface area contributed by atoms with Gasteiger partial charge in [0.25, 0.3) is 11.5 Å². The van der Waals surface area contributed by atoms with E-state index >= 15 is 0 Å². The molecule has 2 amide bonds. The molecule has 1 N–H and O–H groups in total. The largest absolute Gasteiger partial charge is 0.444 e. The summed E-state index contributed by atoms with van der Waals surface area (Å²) in [7, 11) is 3.32. The molecule has 0 radical (unpaired) electrons. The maximum absolute atomic E-state index is 13.2. The van der Waals surface area contributed by atoms with E-state index in [0.717, 1.165) is 5.56 Å². The first-order valence-corrected chi connectivity index (χ1v) is 11.9. The second-order valence-electron chi connectivity index (χ2n) is 11.2. The van der Waals surface area contributed by atoms with Gasteiger partial charge in [-0.3, -0.25) is 9.59 Å². The van der Waals surface area contributed by atoms with Crippen LogP contribution in [0.5, 0.6) is 0 Å². The summed E-state index contributed by atoms with van der Waals surface area (Å²) in [6.45, 7) is 9.77. The van der Waals surface area contributed by atoms with Crippen LogP contribution in [0.4, 0.5) is 4.79 Å². The molecule has 1 aliphatic heterocycles. The Morgan fingerprint density at radius 1 is 1.14 bits per heavy atom. The topological polar surface area (TPSA) is 92.1 Å². The zero-order valence-corrected chi connectivity index (χ0v) is 21.8. The van der Waals surface area contributed by atoms with Gasteiger partial charge in [0.15, 0.2) is 0 Å². The minimum Gasteiger partial charge on any atom is -0.444 e. The highest BCUT2D eigenvalue weighted by Crippen LogP contribution is 2.40. The van der Waals surface area contributed by atoms with E-state index < -0.39 is 22.7 Å². The van der Waals surface area contributed by atoms with Gasteiger partial charge in [0, 0.05) is 50.4 Å². The predicted octanol–water partition coefficient (Wildman–Crippen LogP) is 3.62. The Labute approximate surface area is 207 Å². The third-order valence-corrected chi connectivity index (χ3v) is 6.57. The maximum Gasteiger partial charge on any atom is 0.410 e. The van der Waals surface area contributed by atoms with Crippen LogP contribution in [0.1, 0.15) is 51.4 Å². The Morgan fingerprint density at radius 3 is 2.31 bits per heavy atom. The number of likely N-dealkylation sites (tertiary alicyclic amines) is 1. The van der Waals surface area contributed by atoms with Gasteiger partial charge in [-0.2, -0.15) is 0 Å². The number of nitrogens with zero attached hydrogens (tertiary/aromatic N) is 3. The SMILES string of the molecule is CN(C)C(=O)c1cn(C[C@]2(O)CCN(C(=O)OC(C)(C)C)CC2(C)C)c(=O)cc1-c1ccccc1. The summed E-state index contributed by atoms with van der Waals surface area (Å²) in [5.74, 6) is -0.233. The molecule has 1 aromatic carbocycles. The molecule has 190 valence electrons. The quantitative estimate of drug-likeness (QED) is 0.717. The third kappa shape index (κ3) is 5.75. The lowest BCUT2D eigenvalue weighted by Crippen LogP contribution is -2.61. The fourth-order valence-corrected chi connectivity index (χ4v) is 4.38. The Bertz CT molecular complexity index is 1150. The highest BCUT2D eigenvalue weighted by atomic mass is 16.6. The van der Waals surface area contributed by atoms with Crippen molar-refractivity contribution in [2.75, 3.05) is 27.2 Å². The summed E-state index contributed by atoms with van der Waals surface area (Å²) in [6, 6.07) is 10.8.